The van der Waals surface area contributed by atoms with E-state index in [9.17, 15) is 9.59 Å². The maximum Gasteiger partial charge on any atom is 0.410 e. The maximum atomic E-state index is 11.9. The summed E-state index contributed by atoms with van der Waals surface area (Å²) < 4.78 is 5.36. The second kappa shape index (κ2) is 4.31. The van der Waals surface area contributed by atoms with Crippen molar-refractivity contribution in [2.24, 2.45) is 11.8 Å². The second-order valence-electron chi connectivity index (χ2n) is 6.19. The highest BCUT2D eigenvalue weighted by Crippen LogP contribution is 2.35. The van der Waals surface area contributed by atoms with Crippen LogP contribution in [0.15, 0.2) is 0 Å². The molecule has 0 N–H and O–H groups in total. The Morgan fingerprint density at radius 1 is 1.29 bits per heavy atom. The lowest BCUT2D eigenvalue weighted by Crippen LogP contribution is -2.35. The SMILES string of the molecule is CC(C)(C)OC(=O)N1C[C@@H]2CCC(=O)C[C@H]2C1. The minimum Gasteiger partial charge on any atom is -0.444 e. The molecule has 0 unspecified atom stereocenters. The summed E-state index contributed by atoms with van der Waals surface area (Å²) >= 11 is 0. The van der Waals surface area contributed by atoms with Gasteiger partial charge in [0.25, 0.3) is 0 Å². The number of carbonyl (C=O) groups excluding carboxylic acids is 2. The molecule has 0 aromatic rings. The Hall–Kier alpha value is -1.06. The summed E-state index contributed by atoms with van der Waals surface area (Å²) in [6.45, 7) is 7.06. The van der Waals surface area contributed by atoms with Crippen molar-refractivity contribution in [2.45, 2.75) is 45.6 Å². The van der Waals surface area contributed by atoms with Crippen LogP contribution in [0, 0.1) is 11.8 Å². The van der Waals surface area contributed by atoms with Crippen LogP contribution in [0.4, 0.5) is 4.79 Å². The summed E-state index contributed by atoms with van der Waals surface area (Å²) in [5.74, 6) is 1.21. The predicted octanol–water partition coefficient (Wildman–Crippen LogP) is 2.22. The molecule has 4 heteroatoms. The van der Waals surface area contributed by atoms with Gasteiger partial charge in [-0.25, -0.2) is 4.79 Å². The van der Waals surface area contributed by atoms with Gasteiger partial charge in [0.1, 0.15) is 11.4 Å². The largest absolute Gasteiger partial charge is 0.444 e. The summed E-state index contributed by atoms with van der Waals surface area (Å²) in [4.78, 5) is 25.0. The third kappa shape index (κ3) is 2.99. The van der Waals surface area contributed by atoms with E-state index >= 15 is 0 Å². The molecule has 1 saturated heterocycles. The fourth-order valence-electron chi connectivity index (χ4n) is 2.71. The Bertz CT molecular complexity index is 332. The summed E-state index contributed by atoms with van der Waals surface area (Å²) in [6, 6.07) is 0. The molecule has 1 heterocycles. The predicted molar refractivity (Wildman–Crippen MR) is 63.6 cm³/mol. The zero-order chi connectivity index (χ0) is 12.6. The van der Waals surface area contributed by atoms with E-state index in [4.69, 9.17) is 4.74 Å². The lowest BCUT2D eigenvalue weighted by atomic mass is 9.81. The first-order valence-electron chi connectivity index (χ1n) is 6.35. The highest BCUT2D eigenvalue weighted by atomic mass is 16.6. The second-order valence-corrected chi connectivity index (χ2v) is 6.19. The lowest BCUT2D eigenvalue weighted by molar-refractivity contribution is -0.122. The van der Waals surface area contributed by atoms with Crippen LogP contribution < -0.4 is 0 Å². The standard InChI is InChI=1S/C13H21NO3/c1-13(2,3)17-12(16)14-7-9-4-5-11(15)6-10(9)8-14/h9-10H,4-8H2,1-3H3/t9-,10-/m0/s1. The molecule has 4 nitrogen and oxygen atoms in total. The Labute approximate surface area is 102 Å². The molecule has 2 fully saturated rings. The van der Waals surface area contributed by atoms with Gasteiger partial charge in [-0.1, -0.05) is 0 Å². The molecular formula is C13H21NO3. The first-order valence-corrected chi connectivity index (χ1v) is 6.35. The molecule has 2 aliphatic rings. The first kappa shape index (κ1) is 12.4. The van der Waals surface area contributed by atoms with Gasteiger partial charge in [-0.3, -0.25) is 4.79 Å². The number of ether oxygens (including phenoxy) is 1. The lowest BCUT2D eigenvalue weighted by Gasteiger charge is -2.24. The first-order chi connectivity index (χ1) is 7.85. The fraction of sp³-hybridized carbons (Fsp3) is 0.846. The monoisotopic (exact) mass is 239 g/mol. The fourth-order valence-corrected chi connectivity index (χ4v) is 2.71. The van der Waals surface area contributed by atoms with E-state index in [1.54, 1.807) is 4.90 Å². The van der Waals surface area contributed by atoms with Gasteiger partial charge in [0.05, 0.1) is 0 Å². The van der Waals surface area contributed by atoms with E-state index in [0.29, 0.717) is 37.0 Å². The Balaban J connectivity index is 1.93. The molecule has 1 amide bonds. The number of Topliss-reactive ketones (excluding diaryl/α,β-unsaturated/α-hetero) is 1. The highest BCUT2D eigenvalue weighted by molar-refractivity contribution is 5.80. The summed E-state index contributed by atoms with van der Waals surface area (Å²) in [7, 11) is 0. The van der Waals surface area contributed by atoms with E-state index < -0.39 is 5.60 Å². The minimum absolute atomic E-state index is 0.237. The van der Waals surface area contributed by atoms with Crippen molar-refractivity contribution in [3.05, 3.63) is 0 Å². The molecule has 96 valence electrons. The Morgan fingerprint density at radius 2 is 1.94 bits per heavy atom. The van der Waals surface area contributed by atoms with Crippen LogP contribution in [0.25, 0.3) is 0 Å². The number of amides is 1. The number of hydrogen-bond donors (Lipinski definition) is 0. The van der Waals surface area contributed by atoms with Gasteiger partial charge in [0.2, 0.25) is 0 Å². The third-order valence-electron chi connectivity index (χ3n) is 3.51. The van der Waals surface area contributed by atoms with E-state index in [0.717, 1.165) is 13.0 Å². The van der Waals surface area contributed by atoms with Gasteiger partial charge in [0, 0.05) is 25.9 Å². The number of carbonyl (C=O) groups is 2. The molecule has 0 bridgehead atoms. The zero-order valence-corrected chi connectivity index (χ0v) is 10.9. The van der Waals surface area contributed by atoms with Crippen molar-refractivity contribution in [3.8, 4) is 0 Å². The van der Waals surface area contributed by atoms with E-state index in [1.165, 1.54) is 0 Å². The van der Waals surface area contributed by atoms with Crippen LogP contribution in [-0.2, 0) is 9.53 Å². The van der Waals surface area contributed by atoms with Crippen molar-refractivity contribution in [2.75, 3.05) is 13.1 Å². The number of hydrogen-bond acceptors (Lipinski definition) is 3. The molecule has 1 saturated carbocycles. The average Bonchev–Trinajstić information content (AvgIpc) is 2.57. The van der Waals surface area contributed by atoms with Gasteiger partial charge in [-0.05, 0) is 39.0 Å². The van der Waals surface area contributed by atoms with Crippen molar-refractivity contribution >= 4 is 11.9 Å². The smallest absolute Gasteiger partial charge is 0.410 e. The molecule has 0 aromatic carbocycles. The van der Waals surface area contributed by atoms with Crippen LogP contribution >= 0.6 is 0 Å². The highest BCUT2D eigenvalue weighted by Gasteiger charge is 2.40. The number of ketones is 1. The van der Waals surface area contributed by atoms with E-state index in [2.05, 4.69) is 0 Å². The quantitative estimate of drug-likeness (QED) is 0.651. The number of likely N-dealkylation sites (tertiary alicyclic amines) is 1. The molecule has 2 atom stereocenters. The van der Waals surface area contributed by atoms with Gasteiger partial charge in [-0.15, -0.1) is 0 Å². The topological polar surface area (TPSA) is 46.6 Å². The number of rotatable bonds is 0. The van der Waals surface area contributed by atoms with Crippen LogP contribution in [0.1, 0.15) is 40.0 Å². The molecule has 1 aliphatic heterocycles. The van der Waals surface area contributed by atoms with Crippen molar-refractivity contribution in [1.82, 2.24) is 4.90 Å². The van der Waals surface area contributed by atoms with Gasteiger partial charge >= 0.3 is 6.09 Å². The van der Waals surface area contributed by atoms with E-state index in [-0.39, 0.29) is 6.09 Å². The van der Waals surface area contributed by atoms with Crippen LogP contribution in [0.2, 0.25) is 0 Å². The number of fused-ring (bicyclic) bond motifs is 1. The summed E-state index contributed by atoms with van der Waals surface area (Å²) in [6.07, 6.45) is 2.02. The molecule has 17 heavy (non-hydrogen) atoms. The molecule has 0 radical (unpaired) electrons. The van der Waals surface area contributed by atoms with Crippen LogP contribution in [0.3, 0.4) is 0 Å². The summed E-state index contributed by atoms with van der Waals surface area (Å²) in [5, 5.41) is 0. The van der Waals surface area contributed by atoms with Gasteiger partial charge in [0.15, 0.2) is 0 Å². The van der Waals surface area contributed by atoms with E-state index in [1.807, 2.05) is 20.8 Å². The zero-order valence-electron chi connectivity index (χ0n) is 10.9. The molecule has 2 rings (SSSR count). The molecule has 0 spiro atoms. The number of nitrogens with zero attached hydrogens (tertiary/aromatic N) is 1. The van der Waals surface area contributed by atoms with Crippen LogP contribution in [0.5, 0.6) is 0 Å². The van der Waals surface area contributed by atoms with Crippen LogP contribution in [-0.4, -0.2) is 35.5 Å². The van der Waals surface area contributed by atoms with Crippen molar-refractivity contribution in [1.29, 1.82) is 0 Å². The Kier molecular flexibility index (Phi) is 3.15. The van der Waals surface area contributed by atoms with Gasteiger partial charge < -0.3 is 9.64 Å². The Morgan fingerprint density at radius 3 is 2.59 bits per heavy atom. The summed E-state index contributed by atoms with van der Waals surface area (Å²) in [5.41, 5.74) is -0.444. The molecule has 1 aliphatic carbocycles. The van der Waals surface area contributed by atoms with Crippen molar-refractivity contribution < 1.29 is 14.3 Å². The van der Waals surface area contributed by atoms with Crippen molar-refractivity contribution in [3.63, 3.8) is 0 Å². The third-order valence-corrected chi connectivity index (χ3v) is 3.51. The minimum atomic E-state index is -0.444. The molecular weight excluding hydrogens is 218 g/mol. The average molecular weight is 239 g/mol. The van der Waals surface area contributed by atoms with Gasteiger partial charge in [-0.2, -0.15) is 0 Å². The maximum absolute atomic E-state index is 11.9. The molecule has 0 aromatic heterocycles. The normalized spacial score (nSPS) is 29.1.